The molecule has 0 bridgehead atoms. The Labute approximate surface area is 203 Å². The molecule has 3 heterocycles. The molecule has 4 N–H and O–H groups in total. The summed E-state index contributed by atoms with van der Waals surface area (Å²) >= 11 is 0. The summed E-state index contributed by atoms with van der Waals surface area (Å²) in [5.41, 5.74) is 16.8. The molecule has 180 valence electrons. The monoisotopic (exact) mass is 459 g/mol. The third-order valence-corrected chi connectivity index (χ3v) is 5.88. The van der Waals surface area contributed by atoms with Crippen LogP contribution in [-0.4, -0.2) is 66.9 Å². The Morgan fingerprint density at radius 2 is 1.76 bits per heavy atom. The molecule has 4 rings (SSSR count). The second kappa shape index (κ2) is 11.3. The first-order valence-electron chi connectivity index (χ1n) is 11.7. The van der Waals surface area contributed by atoms with Crippen LogP contribution in [0.1, 0.15) is 19.4 Å². The fourth-order valence-corrected chi connectivity index (χ4v) is 3.62. The van der Waals surface area contributed by atoms with Crippen LogP contribution in [0.5, 0.6) is 0 Å². The Kier molecular flexibility index (Phi) is 8.50. The van der Waals surface area contributed by atoms with Crippen molar-refractivity contribution in [2.75, 3.05) is 44.7 Å². The average molecular weight is 460 g/mol. The molecule has 34 heavy (non-hydrogen) atoms. The summed E-state index contributed by atoms with van der Waals surface area (Å²) in [4.78, 5) is 18.4. The van der Waals surface area contributed by atoms with Gasteiger partial charge in [0.05, 0.1) is 16.7 Å². The maximum atomic E-state index is 5.69. The summed E-state index contributed by atoms with van der Waals surface area (Å²) in [6, 6.07) is 12.4. The molecule has 7 heteroatoms. The molecule has 2 aromatic heterocycles. The van der Waals surface area contributed by atoms with E-state index in [0.717, 1.165) is 71.8 Å². The first kappa shape index (κ1) is 25.5. The number of nitrogens with two attached hydrogens (primary N) is 2. The van der Waals surface area contributed by atoms with Gasteiger partial charge in [0, 0.05) is 43.5 Å². The fraction of sp³-hybridized carbons (Fsp3) is 0.370. The van der Waals surface area contributed by atoms with Crippen LogP contribution in [0, 0.1) is 0 Å². The van der Waals surface area contributed by atoms with Gasteiger partial charge >= 0.3 is 0 Å². The highest BCUT2D eigenvalue weighted by Gasteiger charge is 2.16. The second-order valence-electron chi connectivity index (χ2n) is 9.29. The third-order valence-electron chi connectivity index (χ3n) is 5.88. The van der Waals surface area contributed by atoms with Gasteiger partial charge in [-0.1, -0.05) is 18.2 Å². The molecule has 3 aromatic rings. The summed E-state index contributed by atoms with van der Waals surface area (Å²) in [5, 5.41) is 0. The molecule has 0 aliphatic carbocycles. The number of anilines is 1. The number of aliphatic imine (C=N–C) groups is 1. The highest BCUT2D eigenvalue weighted by atomic mass is 15.3. The van der Waals surface area contributed by atoms with Gasteiger partial charge in [0.2, 0.25) is 0 Å². The van der Waals surface area contributed by atoms with Crippen LogP contribution in [0.4, 0.5) is 11.5 Å². The molecule has 0 saturated carbocycles. The number of hydrogen-bond donors (Lipinski definition) is 2. The Balaban J connectivity index is 0.000000481. The van der Waals surface area contributed by atoms with Crippen molar-refractivity contribution in [1.82, 2.24) is 14.9 Å². The molecule has 0 spiro atoms. The lowest BCUT2D eigenvalue weighted by molar-refractivity contribution is 0.312. The number of pyridine rings is 2. The molecule has 0 atom stereocenters. The zero-order chi connectivity index (χ0) is 24.7. The van der Waals surface area contributed by atoms with Gasteiger partial charge in [-0.05, 0) is 76.0 Å². The molecule has 1 saturated heterocycles. The molecule has 1 aliphatic heterocycles. The number of rotatable bonds is 6. The predicted molar refractivity (Wildman–Crippen MR) is 145 cm³/mol. The minimum Gasteiger partial charge on any atom is -0.354 e. The van der Waals surface area contributed by atoms with Gasteiger partial charge in [0.15, 0.2) is 0 Å². The van der Waals surface area contributed by atoms with E-state index >= 15 is 0 Å². The summed E-state index contributed by atoms with van der Waals surface area (Å²) in [6.07, 6.45) is 4.40. The van der Waals surface area contributed by atoms with Crippen molar-refractivity contribution in [3.05, 3.63) is 60.8 Å². The Bertz CT molecular complexity index is 1130. The molecule has 0 unspecified atom stereocenters. The summed E-state index contributed by atoms with van der Waals surface area (Å²) in [6.45, 7) is 15.7. The molecular formula is C27H37N7. The van der Waals surface area contributed by atoms with Crippen molar-refractivity contribution in [1.29, 1.82) is 0 Å². The summed E-state index contributed by atoms with van der Waals surface area (Å²) < 4.78 is 0. The Hall–Kier alpha value is -3.13. The van der Waals surface area contributed by atoms with E-state index in [0.29, 0.717) is 6.54 Å². The SMILES string of the molecule is C=CC(C)(C)N.C=Nc1cc(-c2cnc3ccc(N4CCN(C)CC4)nc3c2)ccc1CCN. The van der Waals surface area contributed by atoms with Gasteiger partial charge in [0.1, 0.15) is 5.82 Å². The quantitative estimate of drug-likeness (QED) is 0.430. The minimum atomic E-state index is -0.194. The maximum absolute atomic E-state index is 5.69. The number of hydrogen-bond acceptors (Lipinski definition) is 7. The van der Waals surface area contributed by atoms with E-state index in [4.69, 9.17) is 16.5 Å². The maximum Gasteiger partial charge on any atom is 0.129 e. The van der Waals surface area contributed by atoms with Gasteiger partial charge in [-0.25, -0.2) is 4.98 Å². The van der Waals surface area contributed by atoms with Crippen molar-refractivity contribution in [2.45, 2.75) is 25.8 Å². The van der Waals surface area contributed by atoms with Gasteiger partial charge in [-0.3, -0.25) is 9.98 Å². The van der Waals surface area contributed by atoms with E-state index in [-0.39, 0.29) is 5.54 Å². The fourth-order valence-electron chi connectivity index (χ4n) is 3.62. The summed E-state index contributed by atoms with van der Waals surface area (Å²) in [5.74, 6) is 1.02. The van der Waals surface area contributed by atoms with Crippen LogP contribution in [0.25, 0.3) is 22.2 Å². The van der Waals surface area contributed by atoms with Crippen molar-refractivity contribution < 1.29 is 0 Å². The standard InChI is InChI=1S/C22H26N6.C5H11N/c1-24-20-13-17(4-3-16(20)7-8-23)18-14-21-19(25-15-18)5-6-22(26-21)28-11-9-27(2)10-12-28;1-4-5(2,3)6/h3-6,13-15H,1,7-12,23H2,2H3;4H,1,6H2,2-3H3. The van der Waals surface area contributed by atoms with Crippen molar-refractivity contribution >= 4 is 29.3 Å². The van der Waals surface area contributed by atoms with Gasteiger partial charge < -0.3 is 21.3 Å². The number of piperazine rings is 1. The minimum absolute atomic E-state index is 0.194. The van der Waals surface area contributed by atoms with Crippen molar-refractivity contribution in [2.24, 2.45) is 16.5 Å². The first-order chi connectivity index (χ1) is 16.2. The lowest BCUT2D eigenvalue weighted by Gasteiger charge is -2.33. The molecule has 1 aliphatic rings. The number of aromatic nitrogens is 2. The highest BCUT2D eigenvalue weighted by molar-refractivity contribution is 5.82. The van der Waals surface area contributed by atoms with E-state index in [1.807, 2.05) is 26.1 Å². The number of fused-ring (bicyclic) bond motifs is 1. The molecule has 1 fully saturated rings. The largest absolute Gasteiger partial charge is 0.354 e. The van der Waals surface area contributed by atoms with Gasteiger partial charge in [0.25, 0.3) is 0 Å². The number of likely N-dealkylation sites (N-methyl/N-ethyl adjacent to an activating group) is 1. The van der Waals surface area contributed by atoms with E-state index in [9.17, 15) is 0 Å². The van der Waals surface area contributed by atoms with Crippen LogP contribution in [-0.2, 0) is 6.42 Å². The van der Waals surface area contributed by atoms with Crippen LogP contribution in [0.15, 0.2) is 60.2 Å². The number of benzene rings is 1. The predicted octanol–water partition coefficient (Wildman–Crippen LogP) is 3.79. The van der Waals surface area contributed by atoms with Gasteiger partial charge in [-0.15, -0.1) is 6.58 Å². The Morgan fingerprint density at radius 1 is 1.06 bits per heavy atom. The van der Waals surface area contributed by atoms with Crippen molar-refractivity contribution in [3.8, 4) is 11.1 Å². The molecule has 7 nitrogen and oxygen atoms in total. The van der Waals surface area contributed by atoms with E-state index in [2.05, 4.69) is 70.5 Å². The van der Waals surface area contributed by atoms with Crippen molar-refractivity contribution in [3.63, 3.8) is 0 Å². The highest BCUT2D eigenvalue weighted by Crippen LogP contribution is 2.29. The topological polar surface area (TPSA) is 96.7 Å². The molecule has 0 radical (unpaired) electrons. The van der Waals surface area contributed by atoms with Crippen LogP contribution in [0.3, 0.4) is 0 Å². The lowest BCUT2D eigenvalue weighted by atomic mass is 10.0. The summed E-state index contributed by atoms with van der Waals surface area (Å²) in [7, 11) is 2.16. The lowest BCUT2D eigenvalue weighted by Crippen LogP contribution is -2.44. The third kappa shape index (κ3) is 6.70. The van der Waals surface area contributed by atoms with Crippen LogP contribution < -0.4 is 16.4 Å². The average Bonchev–Trinajstić information content (AvgIpc) is 2.84. The van der Waals surface area contributed by atoms with E-state index in [1.54, 1.807) is 6.08 Å². The van der Waals surface area contributed by atoms with Gasteiger partial charge in [-0.2, -0.15) is 0 Å². The zero-order valence-corrected chi connectivity index (χ0v) is 20.7. The molecular weight excluding hydrogens is 422 g/mol. The van der Waals surface area contributed by atoms with Crippen LogP contribution in [0.2, 0.25) is 0 Å². The molecule has 0 amide bonds. The smallest absolute Gasteiger partial charge is 0.129 e. The Morgan fingerprint density at radius 3 is 2.38 bits per heavy atom. The normalized spacial score (nSPS) is 14.4. The van der Waals surface area contributed by atoms with E-state index in [1.165, 1.54) is 0 Å². The van der Waals surface area contributed by atoms with Crippen LogP contribution >= 0.6 is 0 Å². The zero-order valence-electron chi connectivity index (χ0n) is 20.7. The van der Waals surface area contributed by atoms with E-state index < -0.39 is 0 Å². The second-order valence-corrected chi connectivity index (χ2v) is 9.29. The number of nitrogens with zero attached hydrogens (tertiary/aromatic N) is 5. The first-order valence-corrected chi connectivity index (χ1v) is 11.7. The molecule has 1 aromatic carbocycles.